The molecule has 0 radical (unpaired) electrons. The fourth-order valence-corrected chi connectivity index (χ4v) is 3.97. The molecule has 0 bridgehead atoms. The largest absolute Gasteiger partial charge is 0.465 e. The van der Waals surface area contributed by atoms with Gasteiger partial charge in [-0.05, 0) is 43.2 Å². The van der Waals surface area contributed by atoms with Crippen LogP contribution in [0.3, 0.4) is 0 Å². The minimum Gasteiger partial charge on any atom is -0.465 e. The first-order chi connectivity index (χ1) is 13.3. The molecule has 3 rings (SSSR count). The van der Waals surface area contributed by atoms with Crippen LogP contribution in [0.2, 0.25) is 0 Å². The Morgan fingerprint density at radius 3 is 2.22 bits per heavy atom. The standard InChI is InChI=1S/C23H29NO3/c25-23(26)24-16-8-7-13-21(24)14-17-27-18-15-22(19-9-3-1-4-10-19)20-11-5-2-6-12-20/h1-6,9-12,21-22H,7-8,13-18H2,(H,25,26). The van der Waals surface area contributed by atoms with Gasteiger partial charge in [-0.3, -0.25) is 0 Å². The first-order valence-electron chi connectivity index (χ1n) is 9.93. The molecule has 27 heavy (non-hydrogen) atoms. The number of nitrogens with zero attached hydrogens (tertiary/aromatic N) is 1. The monoisotopic (exact) mass is 367 g/mol. The molecule has 4 heteroatoms. The maximum Gasteiger partial charge on any atom is 0.407 e. The molecule has 1 heterocycles. The highest BCUT2D eigenvalue weighted by molar-refractivity contribution is 5.65. The average Bonchev–Trinajstić information content (AvgIpc) is 2.72. The van der Waals surface area contributed by atoms with Gasteiger partial charge in [-0.25, -0.2) is 4.79 Å². The minimum absolute atomic E-state index is 0.107. The molecule has 0 aliphatic carbocycles. The van der Waals surface area contributed by atoms with Crippen molar-refractivity contribution in [3.63, 3.8) is 0 Å². The molecule has 1 saturated heterocycles. The fourth-order valence-electron chi connectivity index (χ4n) is 3.97. The molecule has 1 aliphatic heterocycles. The quantitative estimate of drug-likeness (QED) is 0.657. The van der Waals surface area contributed by atoms with Gasteiger partial charge in [0.1, 0.15) is 0 Å². The Kier molecular flexibility index (Phi) is 7.28. The van der Waals surface area contributed by atoms with E-state index in [4.69, 9.17) is 4.74 Å². The summed E-state index contributed by atoms with van der Waals surface area (Å²) in [5, 5.41) is 9.32. The second kappa shape index (κ2) is 10.1. The summed E-state index contributed by atoms with van der Waals surface area (Å²) >= 11 is 0. The molecule has 2 aromatic rings. The van der Waals surface area contributed by atoms with Crippen LogP contribution >= 0.6 is 0 Å². The van der Waals surface area contributed by atoms with Crippen LogP contribution in [0.1, 0.15) is 49.1 Å². The molecule has 1 amide bonds. The number of amides is 1. The van der Waals surface area contributed by atoms with Crippen molar-refractivity contribution < 1.29 is 14.6 Å². The van der Waals surface area contributed by atoms with Gasteiger partial charge in [-0.2, -0.15) is 0 Å². The Morgan fingerprint density at radius 2 is 1.63 bits per heavy atom. The van der Waals surface area contributed by atoms with Gasteiger partial charge in [-0.15, -0.1) is 0 Å². The highest BCUT2D eigenvalue weighted by Crippen LogP contribution is 2.28. The van der Waals surface area contributed by atoms with E-state index < -0.39 is 6.09 Å². The van der Waals surface area contributed by atoms with E-state index in [-0.39, 0.29) is 6.04 Å². The van der Waals surface area contributed by atoms with E-state index in [2.05, 4.69) is 48.5 Å². The van der Waals surface area contributed by atoms with Gasteiger partial charge < -0.3 is 14.7 Å². The number of piperidine rings is 1. The molecular weight excluding hydrogens is 338 g/mol. The zero-order valence-corrected chi connectivity index (χ0v) is 15.8. The zero-order chi connectivity index (χ0) is 18.9. The second-order valence-corrected chi connectivity index (χ2v) is 7.19. The second-order valence-electron chi connectivity index (χ2n) is 7.19. The van der Waals surface area contributed by atoms with E-state index in [1.165, 1.54) is 11.1 Å². The minimum atomic E-state index is -0.798. The van der Waals surface area contributed by atoms with Crippen molar-refractivity contribution in [2.45, 2.75) is 44.1 Å². The van der Waals surface area contributed by atoms with Gasteiger partial charge in [0.15, 0.2) is 0 Å². The summed E-state index contributed by atoms with van der Waals surface area (Å²) in [5.74, 6) is 0.317. The summed E-state index contributed by atoms with van der Waals surface area (Å²) in [4.78, 5) is 12.9. The number of benzene rings is 2. The van der Waals surface area contributed by atoms with E-state index in [1.807, 2.05) is 12.1 Å². The summed E-state index contributed by atoms with van der Waals surface area (Å²) in [7, 11) is 0. The first kappa shape index (κ1) is 19.4. The summed E-state index contributed by atoms with van der Waals surface area (Å²) in [5.41, 5.74) is 2.60. The average molecular weight is 367 g/mol. The maximum absolute atomic E-state index is 11.3. The Labute approximate surface area is 161 Å². The topological polar surface area (TPSA) is 49.8 Å². The molecule has 0 aromatic heterocycles. The maximum atomic E-state index is 11.3. The predicted octanol–water partition coefficient (Wildman–Crippen LogP) is 5.15. The molecule has 1 aliphatic rings. The van der Waals surface area contributed by atoms with Crippen LogP contribution in [-0.2, 0) is 4.74 Å². The van der Waals surface area contributed by atoms with Crippen molar-refractivity contribution in [2.75, 3.05) is 19.8 Å². The lowest BCUT2D eigenvalue weighted by atomic mass is 9.89. The van der Waals surface area contributed by atoms with Crippen molar-refractivity contribution in [3.05, 3.63) is 71.8 Å². The van der Waals surface area contributed by atoms with E-state index in [0.29, 0.717) is 25.7 Å². The summed E-state index contributed by atoms with van der Waals surface area (Å²) in [6.07, 6.45) is 3.94. The number of ether oxygens (including phenoxy) is 1. The van der Waals surface area contributed by atoms with Crippen molar-refractivity contribution in [1.82, 2.24) is 4.90 Å². The van der Waals surface area contributed by atoms with Gasteiger partial charge >= 0.3 is 6.09 Å². The van der Waals surface area contributed by atoms with Crippen LogP contribution in [0.4, 0.5) is 4.79 Å². The normalized spacial score (nSPS) is 17.2. The highest BCUT2D eigenvalue weighted by Gasteiger charge is 2.25. The molecule has 0 saturated carbocycles. The molecule has 0 spiro atoms. The van der Waals surface area contributed by atoms with E-state index in [9.17, 15) is 9.90 Å². The lowest BCUT2D eigenvalue weighted by Crippen LogP contribution is -2.43. The molecule has 1 atom stereocenters. The van der Waals surface area contributed by atoms with Crippen LogP contribution in [0.5, 0.6) is 0 Å². The van der Waals surface area contributed by atoms with Crippen LogP contribution in [0, 0.1) is 0 Å². The Morgan fingerprint density at radius 1 is 1.00 bits per heavy atom. The van der Waals surface area contributed by atoms with Gasteiger partial charge in [0.05, 0.1) is 0 Å². The van der Waals surface area contributed by atoms with Gasteiger partial charge in [-0.1, -0.05) is 60.7 Å². The Hall–Kier alpha value is -2.33. The Balaban J connectivity index is 1.50. The molecule has 2 aromatic carbocycles. The van der Waals surface area contributed by atoms with E-state index in [0.717, 1.165) is 32.1 Å². The van der Waals surface area contributed by atoms with Crippen LogP contribution in [-0.4, -0.2) is 41.9 Å². The van der Waals surface area contributed by atoms with Crippen molar-refractivity contribution in [2.24, 2.45) is 0 Å². The third kappa shape index (κ3) is 5.57. The fraction of sp³-hybridized carbons (Fsp3) is 0.435. The highest BCUT2D eigenvalue weighted by atomic mass is 16.5. The molecule has 4 nitrogen and oxygen atoms in total. The number of likely N-dealkylation sites (tertiary alicyclic amines) is 1. The number of carboxylic acid groups (broad SMARTS) is 1. The number of carbonyl (C=O) groups is 1. The van der Waals surface area contributed by atoms with Gasteiger partial charge in [0.25, 0.3) is 0 Å². The number of hydrogen-bond acceptors (Lipinski definition) is 2. The van der Waals surface area contributed by atoms with Crippen LogP contribution < -0.4 is 0 Å². The first-order valence-corrected chi connectivity index (χ1v) is 9.93. The van der Waals surface area contributed by atoms with Gasteiger partial charge in [0, 0.05) is 31.7 Å². The lowest BCUT2D eigenvalue weighted by Gasteiger charge is -2.33. The van der Waals surface area contributed by atoms with E-state index >= 15 is 0 Å². The third-order valence-electron chi connectivity index (χ3n) is 5.42. The smallest absolute Gasteiger partial charge is 0.407 e. The number of hydrogen-bond donors (Lipinski definition) is 1. The van der Waals surface area contributed by atoms with Crippen LogP contribution in [0.25, 0.3) is 0 Å². The van der Waals surface area contributed by atoms with Crippen molar-refractivity contribution in [1.29, 1.82) is 0 Å². The summed E-state index contributed by atoms with van der Waals surface area (Å²) in [6.45, 7) is 1.95. The predicted molar refractivity (Wildman–Crippen MR) is 107 cm³/mol. The summed E-state index contributed by atoms with van der Waals surface area (Å²) < 4.78 is 5.92. The Bertz CT molecular complexity index is 650. The van der Waals surface area contributed by atoms with Crippen molar-refractivity contribution >= 4 is 6.09 Å². The summed E-state index contributed by atoms with van der Waals surface area (Å²) in [6, 6.07) is 21.2. The SMILES string of the molecule is O=C(O)N1CCCCC1CCOCCC(c1ccccc1)c1ccccc1. The molecule has 1 unspecified atom stereocenters. The van der Waals surface area contributed by atoms with Crippen molar-refractivity contribution in [3.8, 4) is 0 Å². The molecule has 144 valence electrons. The molecule has 1 N–H and O–H groups in total. The molecule has 1 fully saturated rings. The third-order valence-corrected chi connectivity index (χ3v) is 5.42. The van der Waals surface area contributed by atoms with Crippen LogP contribution in [0.15, 0.2) is 60.7 Å². The number of rotatable bonds is 8. The molecular formula is C23H29NO3. The van der Waals surface area contributed by atoms with E-state index in [1.54, 1.807) is 4.90 Å². The van der Waals surface area contributed by atoms with Gasteiger partial charge in [0.2, 0.25) is 0 Å². The lowest BCUT2D eigenvalue weighted by molar-refractivity contribution is 0.0727. The zero-order valence-electron chi connectivity index (χ0n) is 15.8.